The highest BCUT2D eigenvalue weighted by molar-refractivity contribution is 5.81. The maximum absolute atomic E-state index is 10.7. The van der Waals surface area contributed by atoms with Crippen LogP contribution in [0.1, 0.15) is 18.4 Å². The van der Waals surface area contributed by atoms with Crippen molar-refractivity contribution in [2.75, 3.05) is 0 Å². The molecule has 1 heterocycles. The molecular formula is C11H10O3. The van der Waals surface area contributed by atoms with E-state index < -0.39 is 11.9 Å². The summed E-state index contributed by atoms with van der Waals surface area (Å²) in [6.45, 7) is 1.66. The number of hydrogen-bond acceptors (Lipinski definition) is 2. The van der Waals surface area contributed by atoms with Gasteiger partial charge in [-0.15, -0.1) is 0 Å². The van der Waals surface area contributed by atoms with Gasteiger partial charge in [0.2, 0.25) is 0 Å². The summed E-state index contributed by atoms with van der Waals surface area (Å²) in [6.07, 6.45) is 1.60. The zero-order valence-electron chi connectivity index (χ0n) is 7.73. The smallest absolute Gasteiger partial charge is 0.310 e. The summed E-state index contributed by atoms with van der Waals surface area (Å²) in [4.78, 5) is 10.7. The Morgan fingerprint density at radius 3 is 2.93 bits per heavy atom. The Labute approximate surface area is 81.0 Å². The lowest BCUT2D eigenvalue weighted by Crippen LogP contribution is -2.06. The average molecular weight is 190 g/mol. The fourth-order valence-electron chi connectivity index (χ4n) is 1.38. The third-order valence-corrected chi connectivity index (χ3v) is 2.35. The van der Waals surface area contributed by atoms with Gasteiger partial charge in [-0.05, 0) is 24.6 Å². The largest absolute Gasteiger partial charge is 0.481 e. The fourth-order valence-corrected chi connectivity index (χ4v) is 1.38. The van der Waals surface area contributed by atoms with Crippen molar-refractivity contribution in [1.29, 1.82) is 0 Å². The number of fused-ring (bicyclic) bond motifs is 1. The molecule has 0 fully saturated rings. The molecule has 1 aromatic carbocycles. The Morgan fingerprint density at radius 2 is 2.21 bits per heavy atom. The van der Waals surface area contributed by atoms with E-state index in [1.165, 1.54) is 0 Å². The van der Waals surface area contributed by atoms with Crippen LogP contribution in [0.5, 0.6) is 0 Å². The van der Waals surface area contributed by atoms with Crippen LogP contribution in [0.4, 0.5) is 0 Å². The van der Waals surface area contributed by atoms with Gasteiger partial charge in [0, 0.05) is 5.39 Å². The summed E-state index contributed by atoms with van der Waals surface area (Å²) in [6, 6.07) is 7.31. The Balaban J connectivity index is 2.48. The minimum Gasteiger partial charge on any atom is -0.481 e. The van der Waals surface area contributed by atoms with Gasteiger partial charge in [-0.1, -0.05) is 12.1 Å². The van der Waals surface area contributed by atoms with Gasteiger partial charge in [-0.3, -0.25) is 4.79 Å². The molecule has 2 aromatic rings. The number of benzene rings is 1. The molecule has 3 heteroatoms. The van der Waals surface area contributed by atoms with E-state index >= 15 is 0 Å². The molecule has 0 aliphatic carbocycles. The lowest BCUT2D eigenvalue weighted by atomic mass is 10.0. The summed E-state index contributed by atoms with van der Waals surface area (Å²) < 4.78 is 5.20. The van der Waals surface area contributed by atoms with Crippen LogP contribution in [0.3, 0.4) is 0 Å². The van der Waals surface area contributed by atoms with Crippen LogP contribution in [0.2, 0.25) is 0 Å². The SMILES string of the molecule is CC(C(=O)O)c1ccc2ccoc2c1. The van der Waals surface area contributed by atoms with Crippen LogP contribution in [0.15, 0.2) is 34.9 Å². The molecule has 1 aromatic heterocycles. The third kappa shape index (κ3) is 1.37. The molecule has 0 spiro atoms. The number of carbonyl (C=O) groups is 1. The molecule has 1 unspecified atom stereocenters. The Morgan fingerprint density at radius 1 is 1.43 bits per heavy atom. The minimum atomic E-state index is -0.823. The molecule has 2 rings (SSSR count). The Bertz CT molecular complexity index is 470. The van der Waals surface area contributed by atoms with Gasteiger partial charge >= 0.3 is 5.97 Å². The normalized spacial score (nSPS) is 12.9. The average Bonchev–Trinajstić information content (AvgIpc) is 2.62. The molecule has 1 N–H and O–H groups in total. The van der Waals surface area contributed by atoms with Crippen LogP contribution in [0.25, 0.3) is 11.0 Å². The van der Waals surface area contributed by atoms with E-state index in [9.17, 15) is 4.79 Å². The minimum absolute atomic E-state index is 0.496. The van der Waals surface area contributed by atoms with Gasteiger partial charge < -0.3 is 9.52 Å². The zero-order chi connectivity index (χ0) is 10.1. The van der Waals surface area contributed by atoms with Gasteiger partial charge in [0.1, 0.15) is 5.58 Å². The van der Waals surface area contributed by atoms with E-state index in [4.69, 9.17) is 9.52 Å². The van der Waals surface area contributed by atoms with Crippen molar-refractivity contribution in [3.8, 4) is 0 Å². The molecule has 0 bridgehead atoms. The first-order valence-electron chi connectivity index (χ1n) is 4.38. The van der Waals surface area contributed by atoms with Crippen LogP contribution >= 0.6 is 0 Å². The first kappa shape index (κ1) is 8.81. The quantitative estimate of drug-likeness (QED) is 0.791. The molecule has 3 nitrogen and oxygen atoms in total. The first-order valence-corrected chi connectivity index (χ1v) is 4.38. The summed E-state index contributed by atoms with van der Waals surface area (Å²) in [5.41, 5.74) is 1.50. The maximum atomic E-state index is 10.7. The predicted molar refractivity (Wildman–Crippen MR) is 52.3 cm³/mol. The first-order chi connectivity index (χ1) is 6.68. The molecule has 0 amide bonds. The number of carboxylic acids is 1. The van der Waals surface area contributed by atoms with Gasteiger partial charge in [0.15, 0.2) is 0 Å². The summed E-state index contributed by atoms with van der Waals surface area (Å²) in [5.74, 6) is -1.32. The highest BCUT2D eigenvalue weighted by Gasteiger charge is 2.14. The predicted octanol–water partition coefficient (Wildman–Crippen LogP) is 2.62. The summed E-state index contributed by atoms with van der Waals surface area (Å²) in [5, 5.41) is 9.82. The van der Waals surface area contributed by atoms with E-state index in [0.717, 1.165) is 16.5 Å². The highest BCUT2D eigenvalue weighted by Crippen LogP contribution is 2.22. The van der Waals surface area contributed by atoms with Crippen molar-refractivity contribution in [2.45, 2.75) is 12.8 Å². The second-order valence-electron chi connectivity index (χ2n) is 3.28. The molecule has 14 heavy (non-hydrogen) atoms. The van der Waals surface area contributed by atoms with Crippen LogP contribution in [-0.4, -0.2) is 11.1 Å². The summed E-state index contributed by atoms with van der Waals surface area (Å²) in [7, 11) is 0. The topological polar surface area (TPSA) is 50.4 Å². The molecule has 72 valence electrons. The van der Waals surface area contributed by atoms with Crippen LogP contribution in [0, 0.1) is 0 Å². The van der Waals surface area contributed by atoms with E-state index in [1.54, 1.807) is 19.3 Å². The third-order valence-electron chi connectivity index (χ3n) is 2.35. The van der Waals surface area contributed by atoms with Crippen molar-refractivity contribution < 1.29 is 14.3 Å². The van der Waals surface area contributed by atoms with Gasteiger partial charge in [-0.25, -0.2) is 0 Å². The highest BCUT2D eigenvalue weighted by atomic mass is 16.4. The molecule has 0 aliphatic rings. The maximum Gasteiger partial charge on any atom is 0.310 e. The monoisotopic (exact) mass is 190 g/mol. The van der Waals surface area contributed by atoms with E-state index in [-0.39, 0.29) is 0 Å². The van der Waals surface area contributed by atoms with Crippen LogP contribution in [-0.2, 0) is 4.79 Å². The lowest BCUT2D eigenvalue weighted by Gasteiger charge is -2.05. The molecule has 0 saturated heterocycles. The number of aliphatic carboxylic acids is 1. The second kappa shape index (κ2) is 3.18. The van der Waals surface area contributed by atoms with E-state index in [0.29, 0.717) is 0 Å². The Hall–Kier alpha value is -1.77. The van der Waals surface area contributed by atoms with Gasteiger partial charge in [0.05, 0.1) is 12.2 Å². The van der Waals surface area contributed by atoms with Crippen molar-refractivity contribution in [3.05, 3.63) is 36.1 Å². The zero-order valence-corrected chi connectivity index (χ0v) is 7.73. The van der Waals surface area contributed by atoms with Crippen molar-refractivity contribution in [1.82, 2.24) is 0 Å². The van der Waals surface area contributed by atoms with Crippen molar-refractivity contribution in [3.63, 3.8) is 0 Å². The van der Waals surface area contributed by atoms with Crippen molar-refractivity contribution >= 4 is 16.9 Å². The molecule has 0 aliphatic heterocycles. The van der Waals surface area contributed by atoms with Crippen molar-refractivity contribution in [2.24, 2.45) is 0 Å². The molecule has 0 radical (unpaired) electrons. The van der Waals surface area contributed by atoms with E-state index in [1.807, 2.05) is 18.2 Å². The molecular weight excluding hydrogens is 180 g/mol. The van der Waals surface area contributed by atoms with Gasteiger partial charge in [-0.2, -0.15) is 0 Å². The molecule has 0 saturated carbocycles. The second-order valence-corrected chi connectivity index (χ2v) is 3.28. The lowest BCUT2D eigenvalue weighted by molar-refractivity contribution is -0.138. The van der Waals surface area contributed by atoms with E-state index in [2.05, 4.69) is 0 Å². The summed E-state index contributed by atoms with van der Waals surface area (Å²) >= 11 is 0. The number of furan rings is 1. The Kier molecular flexibility index (Phi) is 2.00. The van der Waals surface area contributed by atoms with Gasteiger partial charge in [0.25, 0.3) is 0 Å². The van der Waals surface area contributed by atoms with Crippen LogP contribution < -0.4 is 0 Å². The number of rotatable bonds is 2. The fraction of sp³-hybridized carbons (Fsp3) is 0.182. The standard InChI is InChI=1S/C11H10O3/c1-7(11(12)13)9-3-2-8-4-5-14-10(8)6-9/h2-7H,1H3,(H,12,13). The molecule has 1 atom stereocenters. The number of hydrogen-bond donors (Lipinski definition) is 1. The number of carboxylic acid groups (broad SMARTS) is 1.